The molecule has 112 valence electrons. The second-order valence-electron chi connectivity index (χ2n) is 4.76. The molecule has 0 aliphatic rings. The maximum atomic E-state index is 12.1. The van der Waals surface area contributed by atoms with E-state index in [1.54, 1.807) is 24.4 Å². The number of halogens is 2. The average Bonchev–Trinajstić information content (AvgIpc) is 2.50. The number of nitriles is 1. The van der Waals surface area contributed by atoms with Crippen LogP contribution in [0, 0.1) is 18.3 Å². The highest BCUT2D eigenvalue weighted by atomic mass is 35.5. The molecule has 6 heteroatoms. The van der Waals surface area contributed by atoms with Crippen molar-refractivity contribution in [1.29, 1.82) is 5.26 Å². The maximum Gasteiger partial charge on any atom is 0.225 e. The van der Waals surface area contributed by atoms with Gasteiger partial charge >= 0.3 is 0 Å². The molecule has 2 rings (SSSR count). The fourth-order valence-corrected chi connectivity index (χ4v) is 2.34. The van der Waals surface area contributed by atoms with E-state index in [9.17, 15) is 10.1 Å². The van der Waals surface area contributed by atoms with Crippen molar-refractivity contribution in [3.05, 3.63) is 63.4 Å². The van der Waals surface area contributed by atoms with Crippen molar-refractivity contribution in [3.8, 4) is 6.07 Å². The number of aryl methyl sites for hydroxylation is 1. The number of nitrogens with zero attached hydrogens (tertiary/aromatic N) is 2. The fourth-order valence-electron chi connectivity index (χ4n) is 1.92. The van der Waals surface area contributed by atoms with Crippen LogP contribution in [-0.4, -0.2) is 10.9 Å². The third-order valence-corrected chi connectivity index (χ3v) is 3.90. The van der Waals surface area contributed by atoms with Crippen LogP contribution in [0.4, 0.5) is 0 Å². The van der Waals surface area contributed by atoms with E-state index in [1.165, 1.54) is 0 Å². The van der Waals surface area contributed by atoms with Crippen LogP contribution in [0.1, 0.15) is 22.9 Å². The number of aromatic nitrogens is 1. The molecule has 1 amide bonds. The van der Waals surface area contributed by atoms with Gasteiger partial charge in [-0.1, -0.05) is 41.4 Å². The Morgan fingerprint density at radius 3 is 2.77 bits per heavy atom. The topological polar surface area (TPSA) is 65.8 Å². The number of nitrogens with one attached hydrogen (secondary N) is 1. The summed E-state index contributed by atoms with van der Waals surface area (Å²) in [6.45, 7) is 1.87. The van der Waals surface area contributed by atoms with Crippen LogP contribution >= 0.6 is 23.2 Å². The van der Waals surface area contributed by atoms with E-state index >= 15 is 0 Å². The largest absolute Gasteiger partial charge is 0.336 e. The van der Waals surface area contributed by atoms with Gasteiger partial charge in [0.1, 0.15) is 6.04 Å². The van der Waals surface area contributed by atoms with Crippen LogP contribution in [0.3, 0.4) is 0 Å². The van der Waals surface area contributed by atoms with Gasteiger partial charge in [0.2, 0.25) is 5.91 Å². The second-order valence-corrected chi connectivity index (χ2v) is 5.54. The summed E-state index contributed by atoms with van der Waals surface area (Å²) in [7, 11) is 0. The van der Waals surface area contributed by atoms with Gasteiger partial charge in [-0.05, 0) is 24.6 Å². The summed E-state index contributed by atoms with van der Waals surface area (Å²) in [5, 5.41) is 12.5. The standard InChI is InChI=1S/C16H13Cl2N3O/c1-10-5-6-11(9-20-10)7-15(22)21-14(8-19)12-3-2-4-13(17)16(12)18/h2-6,9,14H,7H2,1H3,(H,21,22)/t14-/m1/s1. The summed E-state index contributed by atoms with van der Waals surface area (Å²) in [6.07, 6.45) is 1.78. The van der Waals surface area contributed by atoms with E-state index < -0.39 is 6.04 Å². The minimum absolute atomic E-state index is 0.143. The van der Waals surface area contributed by atoms with E-state index in [0.29, 0.717) is 10.6 Å². The lowest BCUT2D eigenvalue weighted by Crippen LogP contribution is -2.29. The molecule has 1 aromatic heterocycles. The molecule has 2 aromatic rings. The highest BCUT2D eigenvalue weighted by Crippen LogP contribution is 2.29. The smallest absolute Gasteiger partial charge is 0.225 e. The van der Waals surface area contributed by atoms with E-state index in [1.807, 2.05) is 25.1 Å². The van der Waals surface area contributed by atoms with Crippen LogP contribution in [0.15, 0.2) is 36.5 Å². The molecular weight excluding hydrogens is 321 g/mol. The molecule has 0 bridgehead atoms. The third-order valence-electron chi connectivity index (χ3n) is 3.06. The van der Waals surface area contributed by atoms with Gasteiger partial charge in [0, 0.05) is 17.5 Å². The minimum Gasteiger partial charge on any atom is -0.336 e. The summed E-state index contributed by atoms with van der Waals surface area (Å²) in [5.74, 6) is -0.284. The van der Waals surface area contributed by atoms with Gasteiger partial charge in [-0.15, -0.1) is 0 Å². The Morgan fingerprint density at radius 2 is 2.14 bits per heavy atom. The SMILES string of the molecule is Cc1ccc(CC(=O)N[C@H](C#N)c2cccc(Cl)c2Cl)cn1. The molecule has 0 aliphatic carbocycles. The Kier molecular flexibility index (Phi) is 5.37. The Morgan fingerprint density at radius 1 is 1.36 bits per heavy atom. The molecule has 0 radical (unpaired) electrons. The number of amides is 1. The highest BCUT2D eigenvalue weighted by molar-refractivity contribution is 6.42. The second kappa shape index (κ2) is 7.26. The molecule has 0 saturated carbocycles. The monoisotopic (exact) mass is 333 g/mol. The first-order chi connectivity index (χ1) is 10.5. The number of rotatable bonds is 4. The summed E-state index contributed by atoms with van der Waals surface area (Å²) in [6, 6.07) is 9.81. The molecule has 22 heavy (non-hydrogen) atoms. The number of benzene rings is 1. The Labute approximate surface area is 138 Å². The van der Waals surface area contributed by atoms with Gasteiger partial charge in [0.05, 0.1) is 22.5 Å². The molecule has 0 aliphatic heterocycles. The lowest BCUT2D eigenvalue weighted by atomic mass is 10.1. The van der Waals surface area contributed by atoms with Gasteiger partial charge in [0.15, 0.2) is 0 Å². The number of carbonyl (C=O) groups is 1. The fraction of sp³-hybridized carbons (Fsp3) is 0.188. The third kappa shape index (κ3) is 3.97. The molecule has 4 nitrogen and oxygen atoms in total. The predicted octanol–water partition coefficient (Wildman–Crippen LogP) is 3.62. The van der Waals surface area contributed by atoms with Crippen molar-refractivity contribution in [2.45, 2.75) is 19.4 Å². The molecule has 0 spiro atoms. The zero-order valence-electron chi connectivity index (χ0n) is 11.8. The molecule has 0 saturated heterocycles. The van der Waals surface area contributed by atoms with Crippen molar-refractivity contribution in [2.75, 3.05) is 0 Å². The quantitative estimate of drug-likeness (QED) is 0.929. The highest BCUT2D eigenvalue weighted by Gasteiger charge is 2.18. The predicted molar refractivity (Wildman–Crippen MR) is 85.6 cm³/mol. The van der Waals surface area contributed by atoms with Crippen molar-refractivity contribution in [1.82, 2.24) is 10.3 Å². The van der Waals surface area contributed by atoms with Crippen LogP contribution in [0.25, 0.3) is 0 Å². The summed E-state index contributed by atoms with van der Waals surface area (Å²) < 4.78 is 0. The summed E-state index contributed by atoms with van der Waals surface area (Å²) in [5.41, 5.74) is 2.13. The normalized spacial score (nSPS) is 11.5. The van der Waals surface area contributed by atoms with Gasteiger partial charge in [0.25, 0.3) is 0 Å². The number of carbonyl (C=O) groups excluding carboxylic acids is 1. The average molecular weight is 334 g/mol. The van der Waals surface area contributed by atoms with Gasteiger partial charge in [-0.2, -0.15) is 5.26 Å². The molecule has 1 heterocycles. The van der Waals surface area contributed by atoms with Crippen LogP contribution in [0.2, 0.25) is 10.0 Å². The van der Waals surface area contributed by atoms with Crippen molar-refractivity contribution < 1.29 is 4.79 Å². The van der Waals surface area contributed by atoms with Crippen LogP contribution < -0.4 is 5.32 Å². The lowest BCUT2D eigenvalue weighted by Gasteiger charge is -2.14. The van der Waals surface area contributed by atoms with Crippen LogP contribution in [0.5, 0.6) is 0 Å². The Hall–Kier alpha value is -2.09. The molecule has 1 atom stereocenters. The van der Waals surface area contributed by atoms with Gasteiger partial charge in [-0.25, -0.2) is 0 Å². The number of hydrogen-bond acceptors (Lipinski definition) is 3. The first-order valence-corrected chi connectivity index (χ1v) is 7.31. The van der Waals surface area contributed by atoms with Gasteiger partial charge in [-0.3, -0.25) is 9.78 Å². The minimum atomic E-state index is -0.850. The summed E-state index contributed by atoms with van der Waals surface area (Å²) >= 11 is 12.0. The molecular formula is C16H13Cl2N3O. The Bertz CT molecular complexity index is 723. The molecule has 0 fully saturated rings. The maximum absolute atomic E-state index is 12.1. The van der Waals surface area contributed by atoms with E-state index in [2.05, 4.69) is 10.3 Å². The number of hydrogen-bond donors (Lipinski definition) is 1. The molecule has 0 unspecified atom stereocenters. The molecule has 1 N–H and O–H groups in total. The summed E-state index contributed by atoms with van der Waals surface area (Å²) in [4.78, 5) is 16.2. The first-order valence-electron chi connectivity index (χ1n) is 6.55. The van der Waals surface area contributed by atoms with E-state index in [4.69, 9.17) is 23.2 Å². The molecule has 1 aromatic carbocycles. The first kappa shape index (κ1) is 16.3. The van der Waals surface area contributed by atoms with Crippen molar-refractivity contribution in [3.63, 3.8) is 0 Å². The van der Waals surface area contributed by atoms with Crippen molar-refractivity contribution in [2.24, 2.45) is 0 Å². The Balaban J connectivity index is 2.10. The van der Waals surface area contributed by atoms with Crippen LogP contribution in [-0.2, 0) is 11.2 Å². The van der Waals surface area contributed by atoms with E-state index in [-0.39, 0.29) is 17.4 Å². The van der Waals surface area contributed by atoms with Gasteiger partial charge < -0.3 is 5.32 Å². The lowest BCUT2D eigenvalue weighted by molar-refractivity contribution is -0.120. The number of pyridine rings is 1. The zero-order chi connectivity index (χ0) is 16.1. The zero-order valence-corrected chi connectivity index (χ0v) is 13.3. The van der Waals surface area contributed by atoms with Crippen molar-refractivity contribution >= 4 is 29.1 Å². The van der Waals surface area contributed by atoms with E-state index in [0.717, 1.165) is 11.3 Å².